The molecule has 0 heterocycles. The fraction of sp³-hybridized carbons (Fsp3) is 0.143. The summed E-state index contributed by atoms with van der Waals surface area (Å²) in [5, 5.41) is 17.3. The van der Waals surface area contributed by atoms with Gasteiger partial charge in [-0.05, 0) is 50.2 Å². The summed E-state index contributed by atoms with van der Waals surface area (Å²) in [6, 6.07) is 25.6. The lowest BCUT2D eigenvalue weighted by atomic mass is 9.65. The molecule has 0 saturated heterocycles. The van der Waals surface area contributed by atoms with Crippen LogP contribution in [0.3, 0.4) is 0 Å². The molecule has 0 fully saturated rings. The molecule has 0 aliphatic heterocycles. The van der Waals surface area contributed by atoms with Crippen LogP contribution in [0.1, 0.15) is 24.5 Å². The second-order valence-electron chi connectivity index (χ2n) is 8.54. The Balaban J connectivity index is 1.82. The van der Waals surface area contributed by atoms with Crippen LogP contribution in [0.5, 0.6) is 0 Å². The van der Waals surface area contributed by atoms with Crippen LogP contribution in [0.15, 0.2) is 97.1 Å². The highest BCUT2D eigenvalue weighted by atomic mass is 16.3. The maximum absolute atomic E-state index is 12.5. The first-order valence-electron chi connectivity index (χ1n) is 10.3. The Bertz CT molecular complexity index is 1270. The molecule has 0 aromatic heterocycles. The van der Waals surface area contributed by atoms with Crippen LogP contribution in [0, 0.1) is 5.41 Å². The van der Waals surface area contributed by atoms with Crippen molar-refractivity contribution in [2.45, 2.75) is 18.9 Å². The van der Waals surface area contributed by atoms with Crippen molar-refractivity contribution in [3.05, 3.63) is 108 Å². The predicted molar refractivity (Wildman–Crippen MR) is 121 cm³/mol. The van der Waals surface area contributed by atoms with Crippen LogP contribution in [-0.4, -0.2) is 5.11 Å². The summed E-state index contributed by atoms with van der Waals surface area (Å²) >= 11 is 0. The molecule has 0 saturated carbocycles. The van der Waals surface area contributed by atoms with E-state index in [0.717, 1.165) is 17.5 Å². The van der Waals surface area contributed by atoms with E-state index in [2.05, 4.69) is 104 Å². The molecule has 2 aliphatic carbocycles. The Morgan fingerprint density at radius 3 is 1.76 bits per heavy atom. The summed E-state index contributed by atoms with van der Waals surface area (Å²) in [6.45, 7) is 2.18. The average molecular weight is 374 g/mol. The van der Waals surface area contributed by atoms with E-state index in [1.807, 2.05) is 0 Å². The first-order valence-corrected chi connectivity index (χ1v) is 10.3. The standard InChI is InChI=1S/C28H22O/c1-27(17-7-2-8-18-27)28(29)23-15-13-19-9-3-5-11-21(19)25(23)26-22-12-6-4-10-20(22)14-16-24(26)28/h2-17,29H,18H2,1H3/t27-/m1/s1. The van der Waals surface area contributed by atoms with Crippen molar-refractivity contribution >= 4 is 21.5 Å². The normalized spacial score (nSPS) is 21.4. The van der Waals surface area contributed by atoms with Crippen molar-refractivity contribution < 1.29 is 5.11 Å². The number of benzene rings is 4. The van der Waals surface area contributed by atoms with E-state index in [9.17, 15) is 5.11 Å². The molecule has 0 radical (unpaired) electrons. The Morgan fingerprint density at radius 1 is 0.690 bits per heavy atom. The zero-order valence-electron chi connectivity index (χ0n) is 16.4. The number of allylic oxidation sites excluding steroid dienone is 3. The fourth-order valence-electron chi connectivity index (χ4n) is 5.44. The van der Waals surface area contributed by atoms with E-state index in [1.165, 1.54) is 32.7 Å². The lowest BCUT2D eigenvalue weighted by Gasteiger charge is -2.43. The largest absolute Gasteiger partial charge is 0.379 e. The molecule has 1 nitrogen and oxygen atoms in total. The molecule has 2 aliphatic rings. The zero-order chi connectivity index (χ0) is 19.6. The average Bonchev–Trinajstić information content (AvgIpc) is 3.05. The van der Waals surface area contributed by atoms with E-state index < -0.39 is 11.0 Å². The van der Waals surface area contributed by atoms with Gasteiger partial charge in [0.25, 0.3) is 0 Å². The van der Waals surface area contributed by atoms with Gasteiger partial charge in [0.2, 0.25) is 0 Å². The number of hydrogen-bond donors (Lipinski definition) is 1. The second kappa shape index (κ2) is 5.68. The molecule has 0 amide bonds. The first kappa shape index (κ1) is 16.8. The molecule has 4 aromatic rings. The first-order chi connectivity index (χ1) is 14.1. The predicted octanol–water partition coefficient (Wildman–Crippen LogP) is 6.73. The van der Waals surface area contributed by atoms with Gasteiger partial charge in [0.1, 0.15) is 5.60 Å². The molecule has 1 heteroatoms. The summed E-state index contributed by atoms with van der Waals surface area (Å²) < 4.78 is 0. The quantitative estimate of drug-likeness (QED) is 0.391. The number of hydrogen-bond acceptors (Lipinski definition) is 1. The third-order valence-corrected chi connectivity index (χ3v) is 6.97. The van der Waals surface area contributed by atoms with Gasteiger partial charge in [0, 0.05) is 5.41 Å². The summed E-state index contributed by atoms with van der Waals surface area (Å²) in [4.78, 5) is 0. The molecule has 0 spiro atoms. The van der Waals surface area contributed by atoms with E-state index in [1.54, 1.807) is 0 Å². The number of fused-ring (bicyclic) bond motifs is 7. The van der Waals surface area contributed by atoms with Gasteiger partial charge in [-0.25, -0.2) is 0 Å². The highest BCUT2D eigenvalue weighted by molar-refractivity contribution is 6.10. The molecular formula is C28H22O. The van der Waals surface area contributed by atoms with Gasteiger partial charge in [-0.1, -0.05) is 104 Å². The molecule has 1 atom stereocenters. The fourth-order valence-corrected chi connectivity index (χ4v) is 5.44. The monoisotopic (exact) mass is 374 g/mol. The van der Waals surface area contributed by atoms with Gasteiger partial charge in [-0.15, -0.1) is 0 Å². The minimum Gasteiger partial charge on any atom is -0.379 e. The van der Waals surface area contributed by atoms with Crippen LogP contribution in [0.25, 0.3) is 32.7 Å². The minimum atomic E-state index is -1.08. The van der Waals surface area contributed by atoms with Crippen LogP contribution in [0.4, 0.5) is 0 Å². The van der Waals surface area contributed by atoms with E-state index in [-0.39, 0.29) is 0 Å². The summed E-state index contributed by atoms with van der Waals surface area (Å²) in [5.41, 5.74) is 2.91. The maximum Gasteiger partial charge on any atom is 0.125 e. The van der Waals surface area contributed by atoms with Crippen molar-refractivity contribution in [1.82, 2.24) is 0 Å². The van der Waals surface area contributed by atoms with Crippen LogP contribution in [-0.2, 0) is 5.60 Å². The molecule has 140 valence electrons. The zero-order valence-corrected chi connectivity index (χ0v) is 16.4. The number of rotatable bonds is 1. The Kier molecular flexibility index (Phi) is 3.29. The summed E-state index contributed by atoms with van der Waals surface area (Å²) in [6.07, 6.45) is 9.29. The summed E-state index contributed by atoms with van der Waals surface area (Å²) in [7, 11) is 0. The Hall–Kier alpha value is -3.16. The highest BCUT2D eigenvalue weighted by Gasteiger charge is 2.53. The van der Waals surface area contributed by atoms with Crippen LogP contribution >= 0.6 is 0 Å². The molecule has 0 unspecified atom stereocenters. The molecule has 0 bridgehead atoms. The molecule has 6 rings (SSSR count). The van der Waals surface area contributed by atoms with Gasteiger partial charge in [0.05, 0.1) is 0 Å². The van der Waals surface area contributed by atoms with Crippen molar-refractivity contribution in [3.8, 4) is 11.1 Å². The Labute approximate surface area is 170 Å². The lowest BCUT2D eigenvalue weighted by Crippen LogP contribution is -2.42. The lowest BCUT2D eigenvalue weighted by molar-refractivity contribution is -0.0141. The van der Waals surface area contributed by atoms with Gasteiger partial charge in [-0.3, -0.25) is 0 Å². The van der Waals surface area contributed by atoms with E-state index >= 15 is 0 Å². The Morgan fingerprint density at radius 2 is 1.24 bits per heavy atom. The van der Waals surface area contributed by atoms with Gasteiger partial charge < -0.3 is 5.11 Å². The van der Waals surface area contributed by atoms with Crippen molar-refractivity contribution in [2.75, 3.05) is 0 Å². The van der Waals surface area contributed by atoms with Crippen molar-refractivity contribution in [3.63, 3.8) is 0 Å². The van der Waals surface area contributed by atoms with Gasteiger partial charge >= 0.3 is 0 Å². The second-order valence-corrected chi connectivity index (χ2v) is 8.54. The van der Waals surface area contributed by atoms with E-state index in [4.69, 9.17) is 0 Å². The third kappa shape index (κ3) is 2.03. The van der Waals surface area contributed by atoms with Crippen LogP contribution in [0.2, 0.25) is 0 Å². The van der Waals surface area contributed by atoms with Crippen molar-refractivity contribution in [1.29, 1.82) is 0 Å². The van der Waals surface area contributed by atoms with Crippen molar-refractivity contribution in [2.24, 2.45) is 5.41 Å². The maximum atomic E-state index is 12.5. The summed E-state index contributed by atoms with van der Waals surface area (Å²) in [5.74, 6) is 0. The van der Waals surface area contributed by atoms with Gasteiger partial charge in [0.15, 0.2) is 0 Å². The molecule has 29 heavy (non-hydrogen) atoms. The highest BCUT2D eigenvalue weighted by Crippen LogP contribution is 2.60. The topological polar surface area (TPSA) is 20.2 Å². The van der Waals surface area contributed by atoms with E-state index in [0.29, 0.717) is 0 Å². The third-order valence-electron chi connectivity index (χ3n) is 6.97. The molecular weight excluding hydrogens is 352 g/mol. The van der Waals surface area contributed by atoms with Gasteiger partial charge in [-0.2, -0.15) is 0 Å². The molecule has 1 N–H and O–H groups in total. The SMILES string of the molecule is C[C@@]1(C2(O)c3ccc4ccccc4c3-c3c2ccc2ccccc32)C=CC=CC1. The van der Waals surface area contributed by atoms with Crippen LogP contribution < -0.4 is 0 Å². The number of aliphatic hydroxyl groups is 1. The minimum absolute atomic E-state index is 0.410. The molecule has 4 aromatic carbocycles. The smallest absolute Gasteiger partial charge is 0.125 e.